The molecule has 0 aliphatic heterocycles. The molecule has 0 radical (unpaired) electrons. The Kier molecular flexibility index (Phi) is 4.29. The van der Waals surface area contributed by atoms with Crippen molar-refractivity contribution in [2.75, 3.05) is 0 Å². The third-order valence-electron chi connectivity index (χ3n) is 2.91. The number of carbonyl (C=O) groups is 1. The molecule has 2 aromatic rings. The average molecular weight is 279 g/mol. The van der Waals surface area contributed by atoms with Crippen molar-refractivity contribution in [3.63, 3.8) is 0 Å². The molecule has 1 atom stereocenters. The molecule has 5 heteroatoms. The Hall–Kier alpha value is -1.72. The monoisotopic (exact) mass is 279 g/mol. The summed E-state index contributed by atoms with van der Waals surface area (Å²) in [6.45, 7) is 2.43. The number of halogens is 1. The second kappa shape index (κ2) is 5.95. The van der Waals surface area contributed by atoms with E-state index in [1.165, 1.54) is 23.5 Å². The molecular formula is C14H14FNO2S. The largest absolute Gasteiger partial charge is 0.477 e. The van der Waals surface area contributed by atoms with Gasteiger partial charge in [0.2, 0.25) is 0 Å². The van der Waals surface area contributed by atoms with Crippen LogP contribution < -0.4 is 5.32 Å². The van der Waals surface area contributed by atoms with Crippen molar-refractivity contribution in [1.29, 1.82) is 0 Å². The summed E-state index contributed by atoms with van der Waals surface area (Å²) in [6.07, 6.45) is 0. The number of carboxylic acids is 1. The molecule has 0 saturated carbocycles. The first kappa shape index (κ1) is 13.7. The lowest BCUT2D eigenvalue weighted by Crippen LogP contribution is -2.18. The Morgan fingerprint density at radius 3 is 2.68 bits per heavy atom. The van der Waals surface area contributed by atoms with Crippen molar-refractivity contribution >= 4 is 17.3 Å². The lowest BCUT2D eigenvalue weighted by molar-refractivity contribution is 0.0701. The maximum absolute atomic E-state index is 12.8. The second-order valence-corrected chi connectivity index (χ2v) is 5.15. The molecule has 0 bridgehead atoms. The van der Waals surface area contributed by atoms with Crippen molar-refractivity contribution < 1.29 is 14.3 Å². The third kappa shape index (κ3) is 3.39. The highest BCUT2D eigenvalue weighted by Gasteiger charge is 2.12. The highest BCUT2D eigenvalue weighted by atomic mass is 32.1. The summed E-state index contributed by atoms with van der Waals surface area (Å²) < 4.78 is 12.8. The SMILES string of the molecule is C[C@@H](NCc1ccsc1C(=O)O)c1ccc(F)cc1. The van der Waals surface area contributed by atoms with Crippen LogP contribution in [0.2, 0.25) is 0 Å². The van der Waals surface area contributed by atoms with Crippen LogP contribution in [0.5, 0.6) is 0 Å². The van der Waals surface area contributed by atoms with E-state index in [9.17, 15) is 9.18 Å². The molecule has 0 unspecified atom stereocenters. The van der Waals surface area contributed by atoms with Crippen LogP contribution in [0.1, 0.15) is 33.8 Å². The lowest BCUT2D eigenvalue weighted by atomic mass is 10.1. The summed E-state index contributed by atoms with van der Waals surface area (Å²) in [6, 6.07) is 8.11. The van der Waals surface area contributed by atoms with Gasteiger partial charge in [-0.05, 0) is 41.6 Å². The Bertz CT molecular complexity index is 565. The minimum atomic E-state index is -0.902. The molecule has 0 spiro atoms. The van der Waals surface area contributed by atoms with E-state index < -0.39 is 5.97 Å². The highest BCUT2D eigenvalue weighted by Crippen LogP contribution is 2.19. The average Bonchev–Trinajstić information content (AvgIpc) is 2.85. The number of hydrogen-bond acceptors (Lipinski definition) is 3. The van der Waals surface area contributed by atoms with Gasteiger partial charge in [0.25, 0.3) is 0 Å². The molecule has 0 fully saturated rings. The molecular weight excluding hydrogens is 265 g/mol. The van der Waals surface area contributed by atoms with Crippen molar-refractivity contribution in [3.8, 4) is 0 Å². The standard InChI is InChI=1S/C14H14FNO2S/c1-9(10-2-4-12(15)5-3-10)16-8-11-6-7-19-13(11)14(17)18/h2-7,9,16H,8H2,1H3,(H,17,18)/t9-/m1/s1. The molecule has 1 aromatic carbocycles. The Labute approximate surface area is 114 Å². The number of carboxylic acid groups (broad SMARTS) is 1. The van der Waals surface area contributed by atoms with E-state index in [1.54, 1.807) is 23.6 Å². The summed E-state index contributed by atoms with van der Waals surface area (Å²) in [5.41, 5.74) is 1.74. The molecule has 0 aliphatic rings. The highest BCUT2D eigenvalue weighted by molar-refractivity contribution is 7.12. The maximum atomic E-state index is 12.8. The van der Waals surface area contributed by atoms with Gasteiger partial charge < -0.3 is 10.4 Å². The van der Waals surface area contributed by atoms with Gasteiger partial charge in [0.05, 0.1) is 0 Å². The predicted octanol–water partition coefficient (Wildman–Crippen LogP) is 3.44. The molecule has 0 aliphatic carbocycles. The second-order valence-electron chi connectivity index (χ2n) is 4.23. The van der Waals surface area contributed by atoms with Gasteiger partial charge in [0.15, 0.2) is 0 Å². The summed E-state index contributed by atoms with van der Waals surface area (Å²) >= 11 is 1.22. The zero-order chi connectivity index (χ0) is 13.8. The smallest absolute Gasteiger partial charge is 0.346 e. The minimum absolute atomic E-state index is 0.0298. The fourth-order valence-corrected chi connectivity index (χ4v) is 2.56. The number of thiophene rings is 1. The van der Waals surface area contributed by atoms with Crippen LogP contribution in [0.15, 0.2) is 35.7 Å². The fraction of sp³-hybridized carbons (Fsp3) is 0.214. The fourth-order valence-electron chi connectivity index (χ4n) is 1.79. The van der Waals surface area contributed by atoms with Crippen molar-refractivity contribution in [3.05, 3.63) is 57.5 Å². The van der Waals surface area contributed by atoms with E-state index in [4.69, 9.17) is 5.11 Å². The van der Waals surface area contributed by atoms with Gasteiger partial charge >= 0.3 is 5.97 Å². The molecule has 0 saturated heterocycles. The number of aromatic carboxylic acids is 1. The van der Waals surface area contributed by atoms with Gasteiger partial charge in [-0.15, -0.1) is 11.3 Å². The van der Waals surface area contributed by atoms with Crippen LogP contribution in [-0.4, -0.2) is 11.1 Å². The van der Waals surface area contributed by atoms with Crippen LogP contribution in [0.25, 0.3) is 0 Å². The first-order valence-corrected chi connectivity index (χ1v) is 6.74. The molecule has 1 heterocycles. The Morgan fingerprint density at radius 2 is 2.05 bits per heavy atom. The van der Waals surface area contributed by atoms with Crippen molar-refractivity contribution in [1.82, 2.24) is 5.32 Å². The molecule has 2 N–H and O–H groups in total. The van der Waals surface area contributed by atoms with E-state index in [0.29, 0.717) is 11.4 Å². The molecule has 0 amide bonds. The van der Waals surface area contributed by atoms with Gasteiger partial charge in [-0.3, -0.25) is 0 Å². The van der Waals surface area contributed by atoms with Gasteiger partial charge in [0.1, 0.15) is 10.7 Å². The Balaban J connectivity index is 2.00. The normalized spacial score (nSPS) is 12.3. The number of rotatable bonds is 5. The van der Waals surface area contributed by atoms with Crippen molar-refractivity contribution in [2.45, 2.75) is 19.5 Å². The summed E-state index contributed by atoms with van der Waals surface area (Å²) in [5.74, 6) is -1.16. The number of nitrogens with one attached hydrogen (secondary N) is 1. The van der Waals surface area contributed by atoms with Crippen LogP contribution in [0.3, 0.4) is 0 Å². The molecule has 19 heavy (non-hydrogen) atoms. The van der Waals surface area contributed by atoms with Crippen LogP contribution in [0, 0.1) is 5.82 Å². The van der Waals surface area contributed by atoms with E-state index in [2.05, 4.69) is 5.32 Å². The summed E-state index contributed by atoms with van der Waals surface area (Å²) in [7, 11) is 0. The minimum Gasteiger partial charge on any atom is -0.477 e. The van der Waals surface area contributed by atoms with Crippen molar-refractivity contribution in [2.24, 2.45) is 0 Å². The van der Waals surface area contributed by atoms with Crippen LogP contribution in [0.4, 0.5) is 4.39 Å². The van der Waals surface area contributed by atoms with Gasteiger partial charge in [-0.25, -0.2) is 9.18 Å². The molecule has 2 rings (SSSR count). The number of hydrogen-bond donors (Lipinski definition) is 2. The quantitative estimate of drug-likeness (QED) is 0.881. The molecule has 1 aromatic heterocycles. The zero-order valence-electron chi connectivity index (χ0n) is 10.4. The first-order chi connectivity index (χ1) is 9.08. The summed E-state index contributed by atoms with van der Waals surface area (Å²) in [5, 5.41) is 14.0. The van der Waals surface area contributed by atoms with E-state index in [1.807, 2.05) is 6.92 Å². The zero-order valence-corrected chi connectivity index (χ0v) is 11.2. The molecule has 100 valence electrons. The van der Waals surface area contributed by atoms with Gasteiger partial charge in [0, 0.05) is 12.6 Å². The van der Waals surface area contributed by atoms with Crippen LogP contribution in [-0.2, 0) is 6.54 Å². The van der Waals surface area contributed by atoms with E-state index >= 15 is 0 Å². The molecule has 3 nitrogen and oxygen atoms in total. The number of benzene rings is 1. The Morgan fingerprint density at radius 1 is 1.37 bits per heavy atom. The van der Waals surface area contributed by atoms with Gasteiger partial charge in [-0.2, -0.15) is 0 Å². The third-order valence-corrected chi connectivity index (χ3v) is 3.85. The maximum Gasteiger partial charge on any atom is 0.346 e. The topological polar surface area (TPSA) is 49.3 Å². The van der Waals surface area contributed by atoms with Gasteiger partial charge in [-0.1, -0.05) is 12.1 Å². The van der Waals surface area contributed by atoms with E-state index in [-0.39, 0.29) is 11.9 Å². The predicted molar refractivity (Wildman–Crippen MR) is 72.9 cm³/mol. The van der Waals surface area contributed by atoms with Crippen LogP contribution >= 0.6 is 11.3 Å². The lowest BCUT2D eigenvalue weighted by Gasteiger charge is -2.14. The first-order valence-electron chi connectivity index (χ1n) is 5.86. The summed E-state index contributed by atoms with van der Waals surface area (Å²) in [4.78, 5) is 11.3. The van der Waals surface area contributed by atoms with E-state index in [0.717, 1.165) is 11.1 Å².